The van der Waals surface area contributed by atoms with Crippen LogP contribution in [0.15, 0.2) is 24.3 Å². The second kappa shape index (κ2) is 6.76. The molecule has 1 atom stereocenters. The van der Waals surface area contributed by atoms with E-state index in [0.717, 1.165) is 29.1 Å². The van der Waals surface area contributed by atoms with Gasteiger partial charge in [0.1, 0.15) is 5.75 Å². The van der Waals surface area contributed by atoms with E-state index in [9.17, 15) is 5.11 Å². The third kappa shape index (κ3) is 3.45. The van der Waals surface area contributed by atoms with Crippen LogP contribution in [0.1, 0.15) is 42.5 Å². The van der Waals surface area contributed by atoms with E-state index in [-0.39, 0.29) is 0 Å². The van der Waals surface area contributed by atoms with Crippen LogP contribution in [-0.2, 0) is 13.0 Å². The fraction of sp³-hybridized carbons (Fsp3) is 0.471. The normalized spacial score (nSPS) is 12.4. The summed E-state index contributed by atoms with van der Waals surface area (Å²) in [6, 6.07) is 7.59. The van der Waals surface area contributed by atoms with Crippen LogP contribution in [0.5, 0.6) is 5.75 Å². The lowest BCUT2D eigenvalue weighted by Gasteiger charge is -2.13. The van der Waals surface area contributed by atoms with Crippen LogP contribution in [0.25, 0.3) is 0 Å². The van der Waals surface area contributed by atoms with Crippen LogP contribution in [0, 0.1) is 13.8 Å². The minimum absolute atomic E-state index is 0.473. The summed E-state index contributed by atoms with van der Waals surface area (Å²) in [6.45, 7) is 9.28. The van der Waals surface area contributed by atoms with Gasteiger partial charge in [-0.2, -0.15) is 5.10 Å². The molecular formula is C17H24N2O2. The lowest BCUT2D eigenvalue weighted by atomic mass is 10.1. The number of aliphatic hydroxyl groups excluding tert-OH is 1. The molecule has 2 aromatic rings. The van der Waals surface area contributed by atoms with Crippen LogP contribution in [0.4, 0.5) is 0 Å². The molecule has 1 unspecified atom stereocenters. The fourth-order valence-electron chi connectivity index (χ4n) is 2.65. The summed E-state index contributed by atoms with van der Waals surface area (Å²) in [5.74, 6) is 0.827. The number of hydrogen-bond donors (Lipinski definition) is 1. The Labute approximate surface area is 126 Å². The SMILES string of the molecule is CCOc1ccc(C(O)Cn2nc(C)c(CC)c2C)cc1. The first-order chi connectivity index (χ1) is 10.1. The number of hydrogen-bond acceptors (Lipinski definition) is 3. The van der Waals surface area contributed by atoms with E-state index in [1.165, 1.54) is 5.56 Å². The second-order valence-electron chi connectivity index (χ2n) is 5.20. The molecule has 0 aliphatic carbocycles. The van der Waals surface area contributed by atoms with Gasteiger partial charge in [0.05, 0.1) is 24.9 Å². The number of ether oxygens (including phenoxy) is 1. The third-order valence-corrected chi connectivity index (χ3v) is 3.81. The van der Waals surface area contributed by atoms with E-state index in [1.807, 2.05) is 42.8 Å². The largest absolute Gasteiger partial charge is 0.494 e. The van der Waals surface area contributed by atoms with Crippen molar-refractivity contribution in [2.45, 2.75) is 46.8 Å². The number of nitrogens with zero attached hydrogens (tertiary/aromatic N) is 2. The van der Waals surface area contributed by atoms with Crippen molar-refractivity contribution < 1.29 is 9.84 Å². The second-order valence-corrected chi connectivity index (χ2v) is 5.20. The minimum Gasteiger partial charge on any atom is -0.494 e. The lowest BCUT2D eigenvalue weighted by Crippen LogP contribution is -2.11. The fourth-order valence-corrected chi connectivity index (χ4v) is 2.65. The molecular weight excluding hydrogens is 264 g/mol. The van der Waals surface area contributed by atoms with Gasteiger partial charge in [0.25, 0.3) is 0 Å². The van der Waals surface area contributed by atoms with Gasteiger partial charge in [0.15, 0.2) is 0 Å². The van der Waals surface area contributed by atoms with Crippen molar-refractivity contribution in [2.75, 3.05) is 6.61 Å². The lowest BCUT2D eigenvalue weighted by molar-refractivity contribution is 0.150. The van der Waals surface area contributed by atoms with Gasteiger partial charge in [-0.1, -0.05) is 19.1 Å². The summed E-state index contributed by atoms with van der Waals surface area (Å²) in [5, 5.41) is 14.9. The highest BCUT2D eigenvalue weighted by molar-refractivity contribution is 5.29. The Balaban J connectivity index is 2.12. The molecule has 21 heavy (non-hydrogen) atoms. The van der Waals surface area contributed by atoms with Crippen LogP contribution >= 0.6 is 0 Å². The quantitative estimate of drug-likeness (QED) is 0.888. The summed E-state index contributed by atoms with van der Waals surface area (Å²) in [5.41, 5.74) is 4.34. The van der Waals surface area contributed by atoms with E-state index < -0.39 is 6.10 Å². The predicted molar refractivity (Wildman–Crippen MR) is 83.6 cm³/mol. The molecule has 0 amide bonds. The highest BCUT2D eigenvalue weighted by Crippen LogP contribution is 2.21. The molecule has 4 heteroatoms. The van der Waals surface area contributed by atoms with Crippen molar-refractivity contribution in [1.29, 1.82) is 0 Å². The summed E-state index contributed by atoms with van der Waals surface area (Å²) in [7, 11) is 0. The molecule has 0 radical (unpaired) electrons. The monoisotopic (exact) mass is 288 g/mol. The summed E-state index contributed by atoms with van der Waals surface area (Å²) >= 11 is 0. The summed E-state index contributed by atoms with van der Waals surface area (Å²) in [4.78, 5) is 0. The number of aliphatic hydroxyl groups is 1. The van der Waals surface area contributed by atoms with E-state index in [2.05, 4.69) is 18.9 Å². The van der Waals surface area contributed by atoms with Crippen molar-refractivity contribution in [3.8, 4) is 5.75 Å². The van der Waals surface area contributed by atoms with Gasteiger partial charge in [-0.15, -0.1) is 0 Å². The van der Waals surface area contributed by atoms with Crippen molar-refractivity contribution in [3.63, 3.8) is 0 Å². The summed E-state index contributed by atoms with van der Waals surface area (Å²) < 4.78 is 7.31. The van der Waals surface area contributed by atoms with Crippen molar-refractivity contribution in [1.82, 2.24) is 9.78 Å². The number of benzene rings is 1. The van der Waals surface area contributed by atoms with Gasteiger partial charge >= 0.3 is 0 Å². The number of rotatable bonds is 6. The van der Waals surface area contributed by atoms with E-state index in [1.54, 1.807) is 0 Å². The highest BCUT2D eigenvalue weighted by atomic mass is 16.5. The Hall–Kier alpha value is -1.81. The van der Waals surface area contributed by atoms with E-state index in [4.69, 9.17) is 4.74 Å². The Bertz CT molecular complexity index is 588. The van der Waals surface area contributed by atoms with Gasteiger partial charge in [-0.3, -0.25) is 4.68 Å². The first-order valence-electron chi connectivity index (χ1n) is 7.50. The topological polar surface area (TPSA) is 47.3 Å². The van der Waals surface area contributed by atoms with Crippen molar-refractivity contribution in [2.24, 2.45) is 0 Å². The molecule has 2 rings (SSSR count). The molecule has 1 aromatic carbocycles. The molecule has 0 aliphatic heterocycles. The third-order valence-electron chi connectivity index (χ3n) is 3.81. The smallest absolute Gasteiger partial charge is 0.119 e. The molecule has 4 nitrogen and oxygen atoms in total. The predicted octanol–water partition coefficient (Wildman–Crippen LogP) is 3.19. The van der Waals surface area contributed by atoms with Gasteiger partial charge in [0, 0.05) is 5.69 Å². The minimum atomic E-state index is -0.566. The number of aromatic nitrogens is 2. The summed E-state index contributed by atoms with van der Waals surface area (Å²) in [6.07, 6.45) is 0.403. The molecule has 1 heterocycles. The first kappa shape index (κ1) is 15.6. The Morgan fingerprint density at radius 2 is 1.86 bits per heavy atom. The molecule has 114 valence electrons. The Kier molecular flexibility index (Phi) is 5.02. The van der Waals surface area contributed by atoms with E-state index in [0.29, 0.717) is 13.2 Å². The van der Waals surface area contributed by atoms with Gasteiger partial charge in [-0.25, -0.2) is 0 Å². The van der Waals surface area contributed by atoms with Gasteiger partial charge < -0.3 is 9.84 Å². The van der Waals surface area contributed by atoms with Crippen molar-refractivity contribution >= 4 is 0 Å². The zero-order valence-corrected chi connectivity index (χ0v) is 13.3. The Morgan fingerprint density at radius 1 is 1.19 bits per heavy atom. The molecule has 0 fully saturated rings. The molecule has 0 saturated heterocycles. The van der Waals surface area contributed by atoms with Gasteiger partial charge in [-0.05, 0) is 50.5 Å². The molecule has 0 spiro atoms. The van der Waals surface area contributed by atoms with E-state index >= 15 is 0 Å². The number of aryl methyl sites for hydroxylation is 1. The van der Waals surface area contributed by atoms with Gasteiger partial charge in [0.2, 0.25) is 0 Å². The maximum absolute atomic E-state index is 10.4. The molecule has 0 saturated carbocycles. The van der Waals surface area contributed by atoms with Crippen LogP contribution in [0.2, 0.25) is 0 Å². The standard InChI is InChI=1S/C17H24N2O2/c1-5-16-12(3)18-19(13(16)4)11-17(20)14-7-9-15(10-8-14)21-6-2/h7-10,17,20H,5-6,11H2,1-4H3. The maximum Gasteiger partial charge on any atom is 0.119 e. The zero-order valence-electron chi connectivity index (χ0n) is 13.3. The van der Waals surface area contributed by atoms with Crippen LogP contribution in [-0.4, -0.2) is 21.5 Å². The molecule has 1 N–H and O–H groups in total. The van der Waals surface area contributed by atoms with Crippen LogP contribution < -0.4 is 4.74 Å². The highest BCUT2D eigenvalue weighted by Gasteiger charge is 2.14. The van der Waals surface area contributed by atoms with Crippen molar-refractivity contribution in [3.05, 3.63) is 46.8 Å². The molecule has 0 aliphatic rings. The van der Waals surface area contributed by atoms with Crippen LogP contribution in [0.3, 0.4) is 0 Å². The zero-order chi connectivity index (χ0) is 15.4. The first-order valence-corrected chi connectivity index (χ1v) is 7.50. The maximum atomic E-state index is 10.4. The molecule has 1 aromatic heterocycles. The average Bonchev–Trinajstić information content (AvgIpc) is 2.74. The molecule has 0 bridgehead atoms. The Morgan fingerprint density at radius 3 is 2.38 bits per heavy atom. The average molecular weight is 288 g/mol.